The van der Waals surface area contributed by atoms with Crippen molar-refractivity contribution in [1.29, 1.82) is 0 Å². The van der Waals surface area contributed by atoms with Crippen molar-refractivity contribution in [2.45, 2.75) is 20.4 Å². The van der Waals surface area contributed by atoms with Crippen LogP contribution in [0.4, 0.5) is 17.6 Å². The summed E-state index contributed by atoms with van der Waals surface area (Å²) in [5, 5.41) is 3.23. The van der Waals surface area contributed by atoms with Crippen molar-refractivity contribution in [1.82, 2.24) is 24.8 Å². The maximum absolute atomic E-state index is 5.87. The van der Waals surface area contributed by atoms with Crippen molar-refractivity contribution in [3.8, 4) is 0 Å². The third-order valence-corrected chi connectivity index (χ3v) is 4.42. The van der Waals surface area contributed by atoms with Gasteiger partial charge in [0, 0.05) is 31.9 Å². The number of piperazine rings is 1. The van der Waals surface area contributed by atoms with Gasteiger partial charge in [-0.1, -0.05) is 6.07 Å². The number of nitrogen functional groups attached to an aromatic ring is 1. The highest BCUT2D eigenvalue weighted by Gasteiger charge is 2.16. The molecule has 2 heterocycles. The molecular formula is C17H25N7. The van der Waals surface area contributed by atoms with Crippen LogP contribution in [0.15, 0.2) is 18.2 Å². The van der Waals surface area contributed by atoms with Gasteiger partial charge in [0.05, 0.1) is 6.54 Å². The van der Waals surface area contributed by atoms with Crippen LogP contribution in [0.3, 0.4) is 0 Å². The summed E-state index contributed by atoms with van der Waals surface area (Å²) in [5.74, 6) is 1.45. The molecule has 0 unspecified atom stereocenters. The molecule has 3 N–H and O–H groups in total. The van der Waals surface area contributed by atoms with Crippen LogP contribution >= 0.6 is 0 Å². The number of benzene rings is 1. The highest BCUT2D eigenvalue weighted by Crippen LogP contribution is 2.18. The molecule has 7 heteroatoms. The molecular weight excluding hydrogens is 302 g/mol. The van der Waals surface area contributed by atoms with Gasteiger partial charge >= 0.3 is 0 Å². The first-order chi connectivity index (χ1) is 11.5. The maximum atomic E-state index is 5.87. The average molecular weight is 327 g/mol. The van der Waals surface area contributed by atoms with Crippen LogP contribution in [0.2, 0.25) is 0 Å². The van der Waals surface area contributed by atoms with E-state index in [0.29, 0.717) is 18.3 Å². The fourth-order valence-electron chi connectivity index (χ4n) is 2.72. The topological polar surface area (TPSA) is 83.2 Å². The van der Waals surface area contributed by atoms with Gasteiger partial charge in [-0.05, 0) is 44.2 Å². The first kappa shape index (κ1) is 16.6. The number of likely N-dealkylation sites (N-methyl/N-ethyl adjacent to an activating group) is 1. The fraction of sp³-hybridized carbons (Fsp3) is 0.471. The van der Waals surface area contributed by atoms with Crippen molar-refractivity contribution in [3.05, 3.63) is 35.2 Å². The first-order valence-corrected chi connectivity index (χ1v) is 8.25. The van der Waals surface area contributed by atoms with Gasteiger partial charge in [-0.3, -0.25) is 4.90 Å². The summed E-state index contributed by atoms with van der Waals surface area (Å²) in [5.41, 5.74) is 9.30. The Labute approximate surface area is 142 Å². The molecule has 0 radical (unpaired) electrons. The summed E-state index contributed by atoms with van der Waals surface area (Å²) < 4.78 is 0. The van der Waals surface area contributed by atoms with Gasteiger partial charge in [0.15, 0.2) is 0 Å². The van der Waals surface area contributed by atoms with Gasteiger partial charge in [-0.15, -0.1) is 0 Å². The van der Waals surface area contributed by atoms with Crippen LogP contribution in [0.5, 0.6) is 0 Å². The Bertz CT molecular complexity index is 708. The van der Waals surface area contributed by atoms with Crippen LogP contribution in [0, 0.1) is 13.8 Å². The lowest BCUT2D eigenvalue weighted by molar-refractivity contribution is 0.145. The molecule has 7 nitrogen and oxygen atoms in total. The number of hydrogen-bond donors (Lipinski definition) is 2. The summed E-state index contributed by atoms with van der Waals surface area (Å²) in [4.78, 5) is 17.7. The van der Waals surface area contributed by atoms with E-state index in [1.165, 1.54) is 11.1 Å². The van der Waals surface area contributed by atoms with E-state index >= 15 is 0 Å². The van der Waals surface area contributed by atoms with E-state index < -0.39 is 0 Å². The Hall–Kier alpha value is -2.25. The number of aromatic nitrogens is 3. The molecule has 1 aromatic heterocycles. The zero-order valence-electron chi connectivity index (χ0n) is 14.6. The van der Waals surface area contributed by atoms with Crippen LogP contribution < -0.4 is 11.1 Å². The van der Waals surface area contributed by atoms with Crippen molar-refractivity contribution >= 4 is 17.6 Å². The summed E-state index contributed by atoms with van der Waals surface area (Å²) in [6.07, 6.45) is 0. The second-order valence-electron chi connectivity index (χ2n) is 6.44. The molecule has 0 aliphatic carbocycles. The Morgan fingerprint density at radius 3 is 2.50 bits per heavy atom. The summed E-state index contributed by atoms with van der Waals surface area (Å²) in [7, 11) is 2.14. The maximum Gasteiger partial charge on any atom is 0.232 e. The Morgan fingerprint density at radius 2 is 1.79 bits per heavy atom. The van der Waals surface area contributed by atoms with Gasteiger partial charge in [-0.2, -0.15) is 15.0 Å². The molecule has 0 bridgehead atoms. The zero-order valence-corrected chi connectivity index (χ0v) is 14.6. The van der Waals surface area contributed by atoms with E-state index in [2.05, 4.69) is 63.1 Å². The highest BCUT2D eigenvalue weighted by molar-refractivity contribution is 5.56. The molecule has 1 saturated heterocycles. The van der Waals surface area contributed by atoms with Gasteiger partial charge in [-0.25, -0.2) is 0 Å². The number of anilines is 3. The summed E-state index contributed by atoms with van der Waals surface area (Å²) >= 11 is 0. The molecule has 0 amide bonds. The summed E-state index contributed by atoms with van der Waals surface area (Å²) in [6.45, 7) is 9.03. The number of nitrogens with zero attached hydrogens (tertiary/aromatic N) is 5. The van der Waals surface area contributed by atoms with Gasteiger partial charge in [0.2, 0.25) is 11.9 Å². The van der Waals surface area contributed by atoms with Crippen molar-refractivity contribution in [2.75, 3.05) is 44.3 Å². The van der Waals surface area contributed by atoms with Crippen molar-refractivity contribution < 1.29 is 0 Å². The standard InChI is InChI=1S/C17H25N7/c1-12-4-5-14(10-13(12)2)19-17-21-15(20-16(18)22-17)11-24-8-6-23(3)7-9-24/h4-5,10H,6-9,11H2,1-3H3,(H3,18,19,20,21,22). The predicted octanol–water partition coefficient (Wildman–Crippen LogP) is 1.56. The smallest absolute Gasteiger partial charge is 0.232 e. The monoisotopic (exact) mass is 327 g/mol. The lowest BCUT2D eigenvalue weighted by Gasteiger charge is -2.31. The van der Waals surface area contributed by atoms with E-state index in [0.717, 1.165) is 31.9 Å². The molecule has 24 heavy (non-hydrogen) atoms. The molecule has 1 aromatic carbocycles. The second kappa shape index (κ2) is 7.11. The van der Waals surface area contributed by atoms with E-state index in [1.54, 1.807) is 0 Å². The zero-order chi connectivity index (χ0) is 17.1. The molecule has 2 aromatic rings. The fourth-order valence-corrected chi connectivity index (χ4v) is 2.72. The summed E-state index contributed by atoms with van der Waals surface area (Å²) in [6, 6.07) is 6.17. The predicted molar refractivity (Wildman–Crippen MR) is 96.2 cm³/mol. The number of nitrogens with two attached hydrogens (primary N) is 1. The lowest BCUT2D eigenvalue weighted by Crippen LogP contribution is -2.44. The van der Waals surface area contributed by atoms with Crippen LogP contribution in [0.1, 0.15) is 17.0 Å². The molecule has 1 aliphatic heterocycles. The molecule has 0 saturated carbocycles. The van der Waals surface area contributed by atoms with Gasteiger partial charge < -0.3 is 16.0 Å². The quantitative estimate of drug-likeness (QED) is 0.881. The van der Waals surface area contributed by atoms with Crippen LogP contribution in [-0.2, 0) is 6.54 Å². The normalized spacial score (nSPS) is 16.3. The van der Waals surface area contributed by atoms with Crippen molar-refractivity contribution in [2.24, 2.45) is 0 Å². The largest absolute Gasteiger partial charge is 0.368 e. The number of nitrogens with one attached hydrogen (secondary N) is 1. The minimum Gasteiger partial charge on any atom is -0.368 e. The number of hydrogen-bond acceptors (Lipinski definition) is 7. The van der Waals surface area contributed by atoms with Gasteiger partial charge in [0.1, 0.15) is 5.82 Å². The molecule has 3 rings (SSSR count). The molecule has 0 atom stereocenters. The SMILES string of the molecule is Cc1ccc(Nc2nc(N)nc(CN3CCN(C)CC3)n2)cc1C. The molecule has 1 fully saturated rings. The van der Waals surface area contributed by atoms with E-state index in [9.17, 15) is 0 Å². The number of rotatable bonds is 4. The van der Waals surface area contributed by atoms with Crippen LogP contribution in [0.25, 0.3) is 0 Å². The van der Waals surface area contributed by atoms with E-state index in [-0.39, 0.29) is 5.95 Å². The third-order valence-electron chi connectivity index (χ3n) is 4.42. The molecule has 0 spiro atoms. The molecule has 128 valence electrons. The Kier molecular flexibility index (Phi) is 4.92. The minimum absolute atomic E-state index is 0.250. The second-order valence-corrected chi connectivity index (χ2v) is 6.44. The van der Waals surface area contributed by atoms with Crippen LogP contribution in [-0.4, -0.2) is 58.0 Å². The third kappa shape index (κ3) is 4.18. The Balaban J connectivity index is 1.72. The lowest BCUT2D eigenvalue weighted by atomic mass is 10.1. The van der Waals surface area contributed by atoms with Crippen molar-refractivity contribution in [3.63, 3.8) is 0 Å². The van der Waals surface area contributed by atoms with Gasteiger partial charge in [0.25, 0.3) is 0 Å². The average Bonchev–Trinajstić information content (AvgIpc) is 2.53. The Morgan fingerprint density at radius 1 is 1.04 bits per heavy atom. The first-order valence-electron chi connectivity index (χ1n) is 8.25. The molecule has 1 aliphatic rings. The van der Waals surface area contributed by atoms with E-state index in [1.807, 2.05) is 6.07 Å². The van der Waals surface area contributed by atoms with E-state index in [4.69, 9.17) is 5.73 Å². The number of aryl methyl sites for hydroxylation is 2. The minimum atomic E-state index is 0.250. The highest BCUT2D eigenvalue weighted by atomic mass is 15.3.